The van der Waals surface area contributed by atoms with Crippen LogP contribution in [-0.2, 0) is 17.6 Å². The van der Waals surface area contributed by atoms with Crippen molar-refractivity contribution in [3.63, 3.8) is 0 Å². The van der Waals surface area contributed by atoms with Gasteiger partial charge in [-0.15, -0.1) is 11.3 Å². The predicted octanol–water partition coefficient (Wildman–Crippen LogP) is 2.44. The van der Waals surface area contributed by atoms with Crippen LogP contribution < -0.4 is 10.6 Å². The number of amides is 1. The number of thiophene rings is 1. The number of nitriles is 1. The van der Waals surface area contributed by atoms with Crippen molar-refractivity contribution in [2.45, 2.75) is 38.5 Å². The van der Waals surface area contributed by atoms with Crippen molar-refractivity contribution in [2.75, 3.05) is 18.4 Å². The van der Waals surface area contributed by atoms with Gasteiger partial charge in [-0.3, -0.25) is 4.79 Å². The van der Waals surface area contributed by atoms with Gasteiger partial charge < -0.3 is 10.6 Å². The average Bonchev–Trinajstić information content (AvgIpc) is 3.00. The number of carbonyl (C=O) groups excluding carboxylic acids is 1. The van der Waals surface area contributed by atoms with Crippen molar-refractivity contribution in [2.24, 2.45) is 5.92 Å². The minimum Gasteiger partial charge on any atom is -0.317 e. The number of nitrogens with zero attached hydrogens (tertiary/aromatic N) is 1. The summed E-state index contributed by atoms with van der Waals surface area (Å²) >= 11 is 1.59. The molecule has 20 heavy (non-hydrogen) atoms. The van der Waals surface area contributed by atoms with Gasteiger partial charge in [0.1, 0.15) is 11.1 Å². The zero-order valence-corrected chi connectivity index (χ0v) is 12.3. The van der Waals surface area contributed by atoms with E-state index in [2.05, 4.69) is 16.7 Å². The summed E-state index contributed by atoms with van der Waals surface area (Å²) in [7, 11) is 0. The summed E-state index contributed by atoms with van der Waals surface area (Å²) in [6.07, 6.45) is 5.99. The first-order valence-electron chi connectivity index (χ1n) is 7.33. The Bertz CT molecular complexity index is 552. The maximum atomic E-state index is 12.1. The Labute approximate surface area is 123 Å². The van der Waals surface area contributed by atoms with Crippen molar-refractivity contribution in [3.05, 3.63) is 16.0 Å². The standard InChI is InChI=1S/C15H19N3OS/c16-8-12-11-4-1-5-13(11)20-15(12)18-14(19)7-10-3-2-6-17-9-10/h10,17H,1-7,9H2,(H,18,19). The summed E-state index contributed by atoms with van der Waals surface area (Å²) in [5.41, 5.74) is 1.88. The number of piperidine rings is 1. The third kappa shape index (κ3) is 2.72. The third-order valence-corrected chi connectivity index (χ3v) is 5.37. The highest BCUT2D eigenvalue weighted by molar-refractivity contribution is 7.16. The molecule has 2 heterocycles. The zero-order chi connectivity index (χ0) is 13.9. The molecule has 1 unspecified atom stereocenters. The van der Waals surface area contributed by atoms with Gasteiger partial charge in [0.15, 0.2) is 0 Å². The fraction of sp³-hybridized carbons (Fsp3) is 0.600. The number of anilines is 1. The molecule has 1 aliphatic heterocycles. The molecular weight excluding hydrogens is 270 g/mol. The molecule has 0 spiro atoms. The molecule has 1 saturated heterocycles. The zero-order valence-electron chi connectivity index (χ0n) is 11.5. The molecule has 2 N–H and O–H groups in total. The first-order valence-corrected chi connectivity index (χ1v) is 8.14. The maximum Gasteiger partial charge on any atom is 0.225 e. The number of fused-ring (bicyclic) bond motifs is 1. The van der Waals surface area contributed by atoms with E-state index < -0.39 is 0 Å². The number of rotatable bonds is 3. The van der Waals surface area contributed by atoms with Gasteiger partial charge in [0.25, 0.3) is 0 Å². The van der Waals surface area contributed by atoms with E-state index in [1.54, 1.807) is 11.3 Å². The fourth-order valence-corrected chi connectivity index (χ4v) is 4.40. The molecule has 1 fully saturated rings. The normalized spacial score (nSPS) is 21.2. The number of hydrogen-bond acceptors (Lipinski definition) is 4. The lowest BCUT2D eigenvalue weighted by Crippen LogP contribution is -2.32. The SMILES string of the molecule is N#Cc1c(NC(=O)CC2CCCNC2)sc2c1CCC2. The van der Waals surface area contributed by atoms with Crippen molar-refractivity contribution < 1.29 is 4.79 Å². The molecule has 1 aromatic rings. The lowest BCUT2D eigenvalue weighted by Gasteiger charge is -2.21. The van der Waals surface area contributed by atoms with Crippen LogP contribution in [0.4, 0.5) is 5.00 Å². The second-order valence-corrected chi connectivity index (χ2v) is 6.74. The van der Waals surface area contributed by atoms with Crippen molar-refractivity contribution in [3.8, 4) is 6.07 Å². The van der Waals surface area contributed by atoms with Gasteiger partial charge >= 0.3 is 0 Å². The van der Waals surface area contributed by atoms with Crippen molar-refractivity contribution in [1.29, 1.82) is 5.26 Å². The molecule has 4 nitrogen and oxygen atoms in total. The summed E-state index contributed by atoms with van der Waals surface area (Å²) in [5.74, 6) is 0.483. The Morgan fingerprint density at radius 3 is 3.10 bits per heavy atom. The summed E-state index contributed by atoms with van der Waals surface area (Å²) in [6.45, 7) is 1.99. The second kappa shape index (κ2) is 5.94. The van der Waals surface area contributed by atoms with E-state index in [1.807, 2.05) is 0 Å². The van der Waals surface area contributed by atoms with Gasteiger partial charge in [-0.2, -0.15) is 5.26 Å². The van der Waals surface area contributed by atoms with E-state index in [1.165, 1.54) is 10.4 Å². The Morgan fingerprint density at radius 1 is 1.45 bits per heavy atom. The molecule has 0 radical (unpaired) electrons. The molecule has 3 rings (SSSR count). The molecule has 5 heteroatoms. The smallest absolute Gasteiger partial charge is 0.225 e. The molecule has 0 bridgehead atoms. The third-order valence-electron chi connectivity index (χ3n) is 4.16. The molecular formula is C15H19N3OS. The second-order valence-electron chi connectivity index (χ2n) is 5.64. The van der Waals surface area contributed by atoms with E-state index in [0.717, 1.165) is 50.2 Å². The van der Waals surface area contributed by atoms with Gasteiger partial charge in [-0.1, -0.05) is 0 Å². The summed E-state index contributed by atoms with van der Waals surface area (Å²) in [6, 6.07) is 2.27. The summed E-state index contributed by atoms with van der Waals surface area (Å²) in [5, 5.41) is 16.4. The lowest BCUT2D eigenvalue weighted by atomic mass is 9.96. The monoisotopic (exact) mass is 289 g/mol. The summed E-state index contributed by atoms with van der Waals surface area (Å²) in [4.78, 5) is 13.4. The molecule has 2 aliphatic rings. The predicted molar refractivity (Wildman–Crippen MR) is 79.9 cm³/mol. The van der Waals surface area contributed by atoms with Crippen molar-refractivity contribution in [1.82, 2.24) is 5.32 Å². The average molecular weight is 289 g/mol. The first-order chi connectivity index (χ1) is 9.78. The van der Waals surface area contributed by atoms with E-state index in [4.69, 9.17) is 0 Å². The van der Waals surface area contributed by atoms with Crippen LogP contribution in [-0.4, -0.2) is 19.0 Å². The van der Waals surface area contributed by atoms with Crippen LogP contribution in [0.2, 0.25) is 0 Å². The highest BCUT2D eigenvalue weighted by Crippen LogP contribution is 2.38. The number of carbonyl (C=O) groups is 1. The molecule has 0 aromatic carbocycles. The first kappa shape index (κ1) is 13.6. The van der Waals surface area contributed by atoms with E-state index >= 15 is 0 Å². The highest BCUT2D eigenvalue weighted by atomic mass is 32.1. The van der Waals surface area contributed by atoms with Gasteiger partial charge in [0.2, 0.25) is 5.91 Å². The van der Waals surface area contributed by atoms with Crippen LogP contribution in [0.15, 0.2) is 0 Å². The summed E-state index contributed by atoms with van der Waals surface area (Å²) < 4.78 is 0. The molecule has 1 aliphatic carbocycles. The molecule has 106 valence electrons. The number of aryl methyl sites for hydroxylation is 1. The minimum absolute atomic E-state index is 0.0510. The van der Waals surface area contributed by atoms with Gasteiger partial charge in [-0.25, -0.2) is 0 Å². The Morgan fingerprint density at radius 2 is 2.35 bits per heavy atom. The molecule has 1 atom stereocenters. The number of nitrogens with one attached hydrogen (secondary N) is 2. The minimum atomic E-state index is 0.0510. The van der Waals surface area contributed by atoms with Crippen LogP contribution >= 0.6 is 11.3 Å². The number of hydrogen-bond donors (Lipinski definition) is 2. The van der Waals surface area contributed by atoms with Gasteiger partial charge in [0, 0.05) is 11.3 Å². The van der Waals surface area contributed by atoms with Crippen LogP contribution in [0.5, 0.6) is 0 Å². The van der Waals surface area contributed by atoms with Crippen LogP contribution in [0.3, 0.4) is 0 Å². The van der Waals surface area contributed by atoms with Crippen molar-refractivity contribution >= 4 is 22.2 Å². The van der Waals surface area contributed by atoms with E-state index in [0.29, 0.717) is 17.9 Å². The topological polar surface area (TPSA) is 64.9 Å². The highest BCUT2D eigenvalue weighted by Gasteiger charge is 2.24. The Kier molecular flexibility index (Phi) is 4.04. The van der Waals surface area contributed by atoms with Crippen LogP contribution in [0.1, 0.15) is 41.7 Å². The molecule has 1 aromatic heterocycles. The lowest BCUT2D eigenvalue weighted by molar-refractivity contribution is -0.117. The van der Waals surface area contributed by atoms with Gasteiger partial charge in [0.05, 0.1) is 5.56 Å². The van der Waals surface area contributed by atoms with E-state index in [-0.39, 0.29) is 5.91 Å². The molecule has 1 amide bonds. The Hall–Kier alpha value is -1.38. The quantitative estimate of drug-likeness (QED) is 0.898. The van der Waals surface area contributed by atoms with Gasteiger partial charge in [-0.05, 0) is 56.7 Å². The maximum absolute atomic E-state index is 12.1. The van der Waals surface area contributed by atoms with Crippen LogP contribution in [0, 0.1) is 17.2 Å². The van der Waals surface area contributed by atoms with Crippen LogP contribution in [0.25, 0.3) is 0 Å². The van der Waals surface area contributed by atoms with E-state index in [9.17, 15) is 10.1 Å². The Balaban J connectivity index is 1.65. The largest absolute Gasteiger partial charge is 0.317 e. The fourth-order valence-electron chi connectivity index (χ4n) is 3.15. The molecule has 0 saturated carbocycles.